The zero-order chi connectivity index (χ0) is 32.2. The number of nitrogens with zero attached hydrogens (tertiary/aromatic N) is 3. The van der Waals surface area contributed by atoms with Crippen LogP contribution in [-0.4, -0.2) is 28.2 Å². The van der Waals surface area contributed by atoms with Crippen LogP contribution in [-0.2, 0) is 16.1 Å². The Morgan fingerprint density at radius 3 is 2.56 bits per heavy atom. The Labute approximate surface area is 271 Å². The second-order valence-electron chi connectivity index (χ2n) is 10.4. The summed E-state index contributed by atoms with van der Waals surface area (Å²) in [7, 11) is 0. The average Bonchev–Trinajstić information content (AvgIpc) is 3.30. The molecule has 12 heteroatoms. The van der Waals surface area contributed by atoms with Crippen molar-refractivity contribution in [1.82, 2.24) is 4.57 Å². The normalized spacial score (nSPS) is 14.6. The highest BCUT2D eigenvalue weighted by atomic mass is 79.9. The minimum atomic E-state index is -0.868. The first-order valence-electron chi connectivity index (χ1n) is 14.2. The van der Waals surface area contributed by atoms with E-state index < -0.39 is 22.5 Å². The summed E-state index contributed by atoms with van der Waals surface area (Å²) >= 11 is 4.55. The zero-order valence-corrected chi connectivity index (χ0v) is 27.4. The maximum atomic E-state index is 14.1. The molecule has 1 aromatic heterocycles. The van der Waals surface area contributed by atoms with Gasteiger partial charge in [-0.25, -0.2) is 9.79 Å². The summed E-state index contributed by atoms with van der Waals surface area (Å²) in [6, 6.07) is 18.7. The van der Waals surface area contributed by atoms with E-state index in [0.29, 0.717) is 31.8 Å². The van der Waals surface area contributed by atoms with Gasteiger partial charge in [-0.1, -0.05) is 59.9 Å². The number of fused-ring (bicyclic) bond motifs is 1. The molecule has 0 saturated carbocycles. The van der Waals surface area contributed by atoms with Crippen molar-refractivity contribution < 1.29 is 23.9 Å². The maximum absolute atomic E-state index is 14.1. The fourth-order valence-corrected chi connectivity index (χ4v) is 6.62. The molecule has 10 nitrogen and oxygen atoms in total. The lowest BCUT2D eigenvalue weighted by Gasteiger charge is -2.26. The molecule has 0 radical (unpaired) electrons. The van der Waals surface area contributed by atoms with Crippen LogP contribution >= 0.6 is 27.3 Å². The Balaban J connectivity index is 1.64. The van der Waals surface area contributed by atoms with Gasteiger partial charge in [0.1, 0.15) is 18.4 Å². The molecular weight excluding hydrogens is 662 g/mol. The predicted molar refractivity (Wildman–Crippen MR) is 174 cm³/mol. The molecule has 3 aromatic carbocycles. The third kappa shape index (κ3) is 6.76. The molecule has 0 unspecified atom stereocenters. The van der Waals surface area contributed by atoms with Crippen LogP contribution in [0.2, 0.25) is 0 Å². The predicted octanol–water partition coefficient (Wildman–Crippen LogP) is 5.84. The quantitative estimate of drug-likeness (QED) is 0.116. The third-order valence-corrected chi connectivity index (χ3v) is 8.43. The van der Waals surface area contributed by atoms with E-state index in [2.05, 4.69) is 20.9 Å². The lowest BCUT2D eigenvalue weighted by molar-refractivity contribution is -0.386. The Kier molecular flexibility index (Phi) is 9.64. The Morgan fingerprint density at radius 1 is 1.16 bits per heavy atom. The lowest BCUT2D eigenvalue weighted by Crippen LogP contribution is -2.40. The number of ether oxygens (including phenoxy) is 3. The molecule has 0 bridgehead atoms. The van der Waals surface area contributed by atoms with E-state index in [9.17, 15) is 19.7 Å². The number of halogens is 1. The van der Waals surface area contributed by atoms with E-state index >= 15 is 0 Å². The van der Waals surface area contributed by atoms with Gasteiger partial charge in [-0.05, 0) is 73.0 Å². The van der Waals surface area contributed by atoms with Crippen molar-refractivity contribution in [2.75, 3.05) is 6.61 Å². The second kappa shape index (κ2) is 13.6. The zero-order valence-electron chi connectivity index (χ0n) is 25.0. The first-order valence-corrected chi connectivity index (χ1v) is 15.8. The van der Waals surface area contributed by atoms with Gasteiger partial charge in [0.2, 0.25) is 5.75 Å². The van der Waals surface area contributed by atoms with E-state index in [-0.39, 0.29) is 40.9 Å². The molecule has 45 heavy (non-hydrogen) atoms. The van der Waals surface area contributed by atoms with Gasteiger partial charge in [-0.2, -0.15) is 0 Å². The summed E-state index contributed by atoms with van der Waals surface area (Å²) in [5, 5.41) is 12.1. The van der Waals surface area contributed by atoms with Crippen LogP contribution in [0.5, 0.6) is 11.5 Å². The van der Waals surface area contributed by atoms with Crippen molar-refractivity contribution in [2.24, 2.45) is 4.99 Å². The molecule has 0 N–H and O–H groups in total. The summed E-state index contributed by atoms with van der Waals surface area (Å²) in [5.74, 6) is 0.0242. The van der Waals surface area contributed by atoms with Gasteiger partial charge in [-0.3, -0.25) is 19.5 Å². The number of para-hydroxylation sites is 1. The first-order chi connectivity index (χ1) is 21.6. The van der Waals surface area contributed by atoms with Crippen LogP contribution in [0.25, 0.3) is 6.08 Å². The van der Waals surface area contributed by atoms with Crippen LogP contribution in [0.15, 0.2) is 92.3 Å². The monoisotopic (exact) mass is 691 g/mol. The number of rotatable bonds is 10. The second-order valence-corrected chi connectivity index (χ2v) is 12.3. The average molecular weight is 693 g/mol. The van der Waals surface area contributed by atoms with Crippen molar-refractivity contribution >= 4 is 45.0 Å². The van der Waals surface area contributed by atoms with Crippen LogP contribution in [0, 0.1) is 10.1 Å². The van der Waals surface area contributed by atoms with E-state index in [1.165, 1.54) is 10.6 Å². The molecular formula is C33H30BrN3O7S. The maximum Gasteiger partial charge on any atom is 0.338 e. The molecule has 0 saturated heterocycles. The molecule has 1 aliphatic heterocycles. The lowest BCUT2D eigenvalue weighted by atomic mass is 9.95. The highest BCUT2D eigenvalue weighted by molar-refractivity contribution is 9.10. The molecule has 1 atom stereocenters. The number of nitro groups is 1. The van der Waals surface area contributed by atoms with Crippen molar-refractivity contribution in [3.8, 4) is 11.5 Å². The van der Waals surface area contributed by atoms with E-state index in [1.54, 1.807) is 32.1 Å². The molecule has 1 aliphatic rings. The summed E-state index contributed by atoms with van der Waals surface area (Å²) < 4.78 is 19.4. The number of carbonyl (C=O) groups excluding carboxylic acids is 1. The minimum Gasteiger partial charge on any atom is -0.491 e. The summed E-state index contributed by atoms with van der Waals surface area (Å²) in [5.41, 5.74) is 1.86. The topological polar surface area (TPSA) is 122 Å². The summed E-state index contributed by atoms with van der Waals surface area (Å²) in [4.78, 5) is 43.9. The minimum absolute atomic E-state index is 0.0823. The SMILES string of the molecule is CCOC(=O)C1=C(C)N=c2s/c(=C\c3cc(Br)c(OCc4ccccc4)c([N+](=O)[O-])c3)c(=O)n2[C@@H]1c1ccccc1OC(C)C. The van der Waals surface area contributed by atoms with Gasteiger partial charge >= 0.3 is 11.7 Å². The Morgan fingerprint density at radius 2 is 1.87 bits per heavy atom. The van der Waals surface area contributed by atoms with Gasteiger partial charge in [0, 0.05) is 11.6 Å². The van der Waals surface area contributed by atoms with Crippen LogP contribution in [0.3, 0.4) is 0 Å². The van der Waals surface area contributed by atoms with E-state index in [0.717, 1.165) is 16.9 Å². The smallest absolute Gasteiger partial charge is 0.338 e. The number of thiazole rings is 1. The van der Waals surface area contributed by atoms with Gasteiger partial charge in [0.25, 0.3) is 5.56 Å². The molecule has 0 spiro atoms. The van der Waals surface area contributed by atoms with Crippen molar-refractivity contribution in [2.45, 2.75) is 46.4 Å². The summed E-state index contributed by atoms with van der Waals surface area (Å²) in [6.45, 7) is 7.49. The van der Waals surface area contributed by atoms with Crippen molar-refractivity contribution in [1.29, 1.82) is 0 Å². The highest BCUT2D eigenvalue weighted by Crippen LogP contribution is 2.38. The van der Waals surface area contributed by atoms with Crippen LogP contribution in [0.4, 0.5) is 5.69 Å². The number of nitro benzene ring substituents is 1. The van der Waals surface area contributed by atoms with Gasteiger partial charge < -0.3 is 14.2 Å². The number of benzene rings is 3. The number of esters is 1. The molecule has 232 valence electrons. The first kappa shape index (κ1) is 31.9. The molecule has 4 aromatic rings. The molecule has 0 fully saturated rings. The van der Waals surface area contributed by atoms with Crippen molar-refractivity contribution in [3.63, 3.8) is 0 Å². The fourth-order valence-electron chi connectivity index (χ4n) is 5.00. The van der Waals surface area contributed by atoms with E-state index in [1.807, 2.05) is 62.4 Å². The van der Waals surface area contributed by atoms with Crippen molar-refractivity contribution in [3.05, 3.63) is 129 Å². The molecule has 2 heterocycles. The molecule has 0 aliphatic carbocycles. The number of allylic oxidation sites excluding steroid dienone is 1. The highest BCUT2D eigenvalue weighted by Gasteiger charge is 2.35. The number of aromatic nitrogens is 1. The molecule has 5 rings (SSSR count). The number of hydrogen-bond donors (Lipinski definition) is 0. The van der Waals surface area contributed by atoms with Gasteiger partial charge in [0.15, 0.2) is 4.80 Å². The largest absolute Gasteiger partial charge is 0.491 e. The Bertz CT molecular complexity index is 1980. The van der Waals surface area contributed by atoms with Gasteiger partial charge in [-0.15, -0.1) is 0 Å². The fraction of sp³-hybridized carbons (Fsp3) is 0.242. The summed E-state index contributed by atoms with van der Waals surface area (Å²) in [6.07, 6.45) is 1.41. The van der Waals surface area contributed by atoms with E-state index in [4.69, 9.17) is 14.2 Å². The Hall–Kier alpha value is -4.55. The van der Waals surface area contributed by atoms with Gasteiger partial charge in [0.05, 0.1) is 37.9 Å². The number of carbonyl (C=O) groups is 1. The third-order valence-electron chi connectivity index (χ3n) is 6.86. The van der Waals surface area contributed by atoms with Crippen LogP contribution < -0.4 is 24.4 Å². The molecule has 0 amide bonds. The number of hydrogen-bond acceptors (Lipinski definition) is 9. The standard InChI is InChI=1S/C33H30BrN3O7S/c1-5-42-32(39)28-20(4)35-33-36(29(28)23-13-9-10-14-26(23)44-19(2)3)31(38)27(45-33)17-22-15-24(34)30(25(16-22)37(40)41)43-18-21-11-7-6-8-12-21/h6-17,19,29H,5,18H2,1-4H3/b27-17-/t29-/m1/s1. The van der Waals surface area contributed by atoms with Crippen LogP contribution in [0.1, 0.15) is 50.4 Å².